The van der Waals surface area contributed by atoms with Crippen LogP contribution in [0.4, 0.5) is 0 Å². The fraction of sp³-hybridized carbons (Fsp3) is 0.0857. The molecule has 2 nitrogen and oxygen atoms in total. The van der Waals surface area contributed by atoms with Crippen LogP contribution in [0, 0.1) is 0 Å². The van der Waals surface area contributed by atoms with Gasteiger partial charge in [-0.1, -0.05) is 121 Å². The Bertz CT molecular complexity index is 1340. The molecule has 5 rings (SSSR count). The zero-order valence-corrected chi connectivity index (χ0v) is 20.7. The second-order valence-electron chi connectivity index (χ2n) is 9.22. The second kappa shape index (κ2) is 10.8. The largest absolute Gasteiger partial charge is 0.384 e. The molecule has 0 amide bonds. The van der Waals surface area contributed by atoms with Crippen molar-refractivity contribution in [2.75, 3.05) is 0 Å². The lowest BCUT2D eigenvalue weighted by atomic mass is 9.89. The Morgan fingerprint density at radius 2 is 0.838 bits per heavy atom. The summed E-state index contributed by atoms with van der Waals surface area (Å²) >= 11 is 0. The van der Waals surface area contributed by atoms with E-state index in [1.165, 1.54) is 33.4 Å². The van der Waals surface area contributed by atoms with Gasteiger partial charge in [0.05, 0.1) is 12.2 Å². The number of allylic oxidation sites excluding steroid dienone is 4. The van der Waals surface area contributed by atoms with Crippen molar-refractivity contribution in [2.45, 2.75) is 18.6 Å². The van der Waals surface area contributed by atoms with E-state index in [0.717, 1.165) is 28.7 Å². The number of rotatable bonds is 8. The summed E-state index contributed by atoms with van der Waals surface area (Å²) in [7, 11) is 0. The number of benzene rings is 4. The van der Waals surface area contributed by atoms with Crippen LogP contribution < -0.4 is 0 Å². The molecule has 0 saturated heterocycles. The van der Waals surface area contributed by atoms with Crippen molar-refractivity contribution < 1.29 is 10.2 Å². The van der Waals surface area contributed by atoms with Gasteiger partial charge in [0, 0.05) is 0 Å². The number of hydrogen-bond acceptors (Lipinski definition) is 2. The van der Waals surface area contributed by atoms with E-state index >= 15 is 0 Å². The predicted octanol–water partition coefficient (Wildman–Crippen LogP) is 8.05. The lowest BCUT2D eigenvalue weighted by Crippen LogP contribution is -1.94. The van der Waals surface area contributed by atoms with Crippen molar-refractivity contribution >= 4 is 22.3 Å². The summed E-state index contributed by atoms with van der Waals surface area (Å²) in [6, 6.07) is 37.3. The summed E-state index contributed by atoms with van der Waals surface area (Å²) in [5.74, 6) is 0. The molecule has 2 N–H and O–H groups in total. The van der Waals surface area contributed by atoms with E-state index in [4.69, 9.17) is 0 Å². The lowest BCUT2D eigenvalue weighted by Gasteiger charge is -2.15. The van der Waals surface area contributed by atoms with E-state index in [1.54, 1.807) is 12.2 Å². The first-order valence-corrected chi connectivity index (χ1v) is 12.5. The van der Waals surface area contributed by atoms with Crippen molar-refractivity contribution in [1.29, 1.82) is 0 Å². The fourth-order valence-electron chi connectivity index (χ4n) is 5.03. The molecule has 4 aromatic rings. The standard InChI is InChI=1S/C35H30O2/c1-3-32(36)26-19-15-24(16-20-26)30-23-31(25-17-21-27(22-18-25)33(37)4-2)35(29-13-9-6-10-14-29)34(30)28-11-7-5-8-12-28/h3-22,32-33,36-37H,1-2,23H2. The second-order valence-corrected chi connectivity index (χ2v) is 9.22. The van der Waals surface area contributed by atoms with Crippen LogP contribution in [0.15, 0.2) is 135 Å². The topological polar surface area (TPSA) is 40.5 Å². The van der Waals surface area contributed by atoms with Crippen molar-refractivity contribution in [1.82, 2.24) is 0 Å². The third-order valence-corrected chi connectivity index (χ3v) is 6.98. The quantitative estimate of drug-likeness (QED) is 0.249. The summed E-state index contributed by atoms with van der Waals surface area (Å²) < 4.78 is 0. The van der Waals surface area contributed by atoms with Gasteiger partial charge in [-0.25, -0.2) is 0 Å². The molecule has 2 heteroatoms. The van der Waals surface area contributed by atoms with Gasteiger partial charge in [-0.15, -0.1) is 13.2 Å². The van der Waals surface area contributed by atoms with Crippen LogP contribution >= 0.6 is 0 Å². The first-order valence-electron chi connectivity index (χ1n) is 12.5. The smallest absolute Gasteiger partial charge is 0.0969 e. The molecule has 2 unspecified atom stereocenters. The van der Waals surface area contributed by atoms with Gasteiger partial charge in [0.15, 0.2) is 0 Å². The summed E-state index contributed by atoms with van der Waals surface area (Å²) in [6.07, 6.45) is 2.48. The van der Waals surface area contributed by atoms with E-state index in [2.05, 4.69) is 86.0 Å². The highest BCUT2D eigenvalue weighted by molar-refractivity contribution is 6.27. The van der Waals surface area contributed by atoms with Crippen LogP contribution in [0.2, 0.25) is 0 Å². The Labute approximate surface area is 218 Å². The number of aliphatic hydroxyl groups is 2. The van der Waals surface area contributed by atoms with Crippen molar-refractivity contribution in [3.05, 3.63) is 168 Å². The van der Waals surface area contributed by atoms with E-state index < -0.39 is 12.2 Å². The summed E-state index contributed by atoms with van der Waals surface area (Å²) in [5.41, 5.74) is 11.2. The molecule has 0 fully saturated rings. The average Bonchev–Trinajstić information content (AvgIpc) is 3.38. The van der Waals surface area contributed by atoms with Crippen molar-refractivity contribution in [2.24, 2.45) is 0 Å². The Kier molecular flexibility index (Phi) is 7.14. The van der Waals surface area contributed by atoms with Gasteiger partial charge in [-0.2, -0.15) is 0 Å². The molecule has 1 aliphatic carbocycles. The third-order valence-electron chi connectivity index (χ3n) is 6.98. The monoisotopic (exact) mass is 482 g/mol. The molecule has 182 valence electrons. The molecule has 0 bridgehead atoms. The lowest BCUT2D eigenvalue weighted by molar-refractivity contribution is 0.229. The minimum absolute atomic E-state index is 0.682. The van der Waals surface area contributed by atoms with Gasteiger partial charge in [0.1, 0.15) is 0 Å². The molecule has 0 aliphatic heterocycles. The van der Waals surface area contributed by atoms with Crippen molar-refractivity contribution in [3.63, 3.8) is 0 Å². The van der Waals surface area contributed by atoms with Crippen LogP contribution in [-0.2, 0) is 0 Å². The minimum atomic E-state index is -0.682. The highest BCUT2D eigenvalue weighted by Crippen LogP contribution is 2.51. The number of hydrogen-bond donors (Lipinski definition) is 2. The first kappa shape index (κ1) is 24.5. The molecule has 0 spiro atoms. The van der Waals surface area contributed by atoms with Gasteiger partial charge < -0.3 is 10.2 Å². The minimum Gasteiger partial charge on any atom is -0.384 e. The first-order chi connectivity index (χ1) is 18.1. The normalized spacial score (nSPS) is 15.0. The van der Waals surface area contributed by atoms with E-state index in [1.807, 2.05) is 36.4 Å². The zero-order chi connectivity index (χ0) is 25.8. The van der Waals surface area contributed by atoms with E-state index in [9.17, 15) is 10.2 Å². The maximum absolute atomic E-state index is 10.2. The van der Waals surface area contributed by atoms with Gasteiger partial charge in [0.2, 0.25) is 0 Å². The molecule has 1 aliphatic rings. The summed E-state index contributed by atoms with van der Waals surface area (Å²) in [5, 5.41) is 20.4. The fourth-order valence-corrected chi connectivity index (χ4v) is 5.03. The Morgan fingerprint density at radius 3 is 1.16 bits per heavy atom. The Balaban J connectivity index is 1.71. The SMILES string of the molecule is C=CC(O)c1ccc(C2=C(c3ccccc3)C(c3ccccc3)=C(c3ccc(C(O)C=C)cc3)C2)cc1. The maximum Gasteiger partial charge on any atom is 0.0969 e. The van der Waals surface area contributed by atoms with Gasteiger partial charge in [0.25, 0.3) is 0 Å². The van der Waals surface area contributed by atoms with Crippen LogP contribution in [0.1, 0.15) is 52.0 Å². The molecule has 37 heavy (non-hydrogen) atoms. The van der Waals surface area contributed by atoms with Gasteiger partial charge in [-0.3, -0.25) is 0 Å². The Hall–Kier alpha value is -4.24. The molecule has 0 radical (unpaired) electrons. The molecular formula is C35H30O2. The highest BCUT2D eigenvalue weighted by Gasteiger charge is 2.28. The molecule has 2 atom stereocenters. The maximum atomic E-state index is 10.2. The number of aliphatic hydroxyl groups excluding tert-OH is 2. The highest BCUT2D eigenvalue weighted by atomic mass is 16.3. The average molecular weight is 483 g/mol. The Morgan fingerprint density at radius 1 is 0.486 bits per heavy atom. The molecular weight excluding hydrogens is 452 g/mol. The molecule has 4 aromatic carbocycles. The molecule has 0 aromatic heterocycles. The van der Waals surface area contributed by atoms with Crippen LogP contribution in [-0.4, -0.2) is 10.2 Å². The predicted molar refractivity (Wildman–Crippen MR) is 154 cm³/mol. The zero-order valence-electron chi connectivity index (χ0n) is 20.7. The molecule has 0 heterocycles. The molecule has 0 saturated carbocycles. The van der Waals surface area contributed by atoms with Gasteiger partial charge >= 0.3 is 0 Å². The van der Waals surface area contributed by atoms with E-state index in [0.29, 0.717) is 0 Å². The van der Waals surface area contributed by atoms with Crippen LogP contribution in [0.3, 0.4) is 0 Å². The van der Waals surface area contributed by atoms with Gasteiger partial charge in [-0.05, 0) is 62.1 Å². The third kappa shape index (κ3) is 4.90. The summed E-state index contributed by atoms with van der Waals surface area (Å²) in [4.78, 5) is 0. The summed E-state index contributed by atoms with van der Waals surface area (Å²) in [6.45, 7) is 7.42. The van der Waals surface area contributed by atoms with Crippen LogP contribution in [0.25, 0.3) is 22.3 Å². The van der Waals surface area contributed by atoms with E-state index in [-0.39, 0.29) is 0 Å². The van der Waals surface area contributed by atoms with Crippen LogP contribution in [0.5, 0.6) is 0 Å². The van der Waals surface area contributed by atoms with Crippen molar-refractivity contribution in [3.8, 4) is 0 Å².